The first-order chi connectivity index (χ1) is 10.5. The molecular formula is C16H18BrNO3S. The largest absolute Gasteiger partial charge is 0.480 e. The maximum Gasteiger partial charge on any atom is 0.326 e. The summed E-state index contributed by atoms with van der Waals surface area (Å²) >= 11 is 5.35. The molecule has 2 aliphatic heterocycles. The lowest BCUT2D eigenvalue weighted by Crippen LogP contribution is -2.49. The summed E-state index contributed by atoms with van der Waals surface area (Å²) in [6.45, 7) is 1.81. The van der Waals surface area contributed by atoms with Crippen LogP contribution in [0.4, 0.5) is 5.69 Å². The topological polar surface area (TPSA) is 57.6 Å². The van der Waals surface area contributed by atoms with E-state index in [1.807, 2.05) is 36.9 Å². The number of hydrogen-bond acceptors (Lipinski definition) is 3. The molecule has 2 aliphatic rings. The molecular weight excluding hydrogens is 366 g/mol. The van der Waals surface area contributed by atoms with Crippen LogP contribution in [0.15, 0.2) is 22.7 Å². The molecule has 22 heavy (non-hydrogen) atoms. The summed E-state index contributed by atoms with van der Waals surface area (Å²) in [4.78, 5) is 26.3. The number of carboxylic acids is 1. The molecule has 0 bridgehead atoms. The van der Waals surface area contributed by atoms with Crippen molar-refractivity contribution in [2.75, 3.05) is 16.4 Å². The average molecular weight is 384 g/mol. The van der Waals surface area contributed by atoms with E-state index in [0.29, 0.717) is 6.42 Å². The van der Waals surface area contributed by atoms with Gasteiger partial charge in [-0.2, -0.15) is 11.8 Å². The monoisotopic (exact) mass is 383 g/mol. The third kappa shape index (κ3) is 2.27. The minimum Gasteiger partial charge on any atom is -0.480 e. The van der Waals surface area contributed by atoms with Crippen LogP contribution in [-0.4, -0.2) is 34.5 Å². The van der Waals surface area contributed by atoms with Crippen molar-refractivity contribution in [2.45, 2.75) is 37.6 Å². The number of aliphatic carboxylic acids is 1. The van der Waals surface area contributed by atoms with Gasteiger partial charge >= 0.3 is 5.97 Å². The molecule has 1 N–H and O–H groups in total. The lowest BCUT2D eigenvalue weighted by atomic mass is 9.76. The first-order valence-electron chi connectivity index (χ1n) is 7.45. The van der Waals surface area contributed by atoms with Gasteiger partial charge in [0, 0.05) is 10.2 Å². The van der Waals surface area contributed by atoms with Crippen molar-refractivity contribution < 1.29 is 14.7 Å². The molecule has 6 heteroatoms. The number of benzene rings is 1. The quantitative estimate of drug-likeness (QED) is 0.868. The minimum absolute atomic E-state index is 0.0323. The Bertz CT molecular complexity index is 628. The van der Waals surface area contributed by atoms with E-state index in [1.54, 1.807) is 0 Å². The Balaban J connectivity index is 2.16. The van der Waals surface area contributed by atoms with E-state index in [1.165, 1.54) is 4.90 Å². The molecule has 4 nitrogen and oxygen atoms in total. The van der Waals surface area contributed by atoms with Gasteiger partial charge in [0.1, 0.15) is 6.04 Å². The number of halogens is 1. The highest BCUT2D eigenvalue weighted by atomic mass is 79.9. The first kappa shape index (κ1) is 15.9. The summed E-state index contributed by atoms with van der Waals surface area (Å²) in [5, 5.41) is 9.51. The Kier molecular flexibility index (Phi) is 4.25. The molecule has 1 amide bonds. The van der Waals surface area contributed by atoms with Crippen molar-refractivity contribution in [1.29, 1.82) is 0 Å². The SMILES string of the molecule is CCC(C(=O)O)N1C(=O)C2(CCSCC2)c2cc(Br)ccc21. The summed E-state index contributed by atoms with van der Waals surface area (Å²) in [7, 11) is 0. The maximum atomic E-state index is 13.2. The first-order valence-corrected chi connectivity index (χ1v) is 9.40. The number of anilines is 1. The third-order valence-electron chi connectivity index (χ3n) is 4.69. The van der Waals surface area contributed by atoms with Crippen LogP contribution in [0.3, 0.4) is 0 Å². The fourth-order valence-corrected chi connectivity index (χ4v) is 5.09. The fraction of sp³-hybridized carbons (Fsp3) is 0.500. The predicted molar refractivity (Wildman–Crippen MR) is 91.6 cm³/mol. The van der Waals surface area contributed by atoms with Gasteiger partial charge in [-0.15, -0.1) is 0 Å². The van der Waals surface area contributed by atoms with Gasteiger partial charge in [-0.3, -0.25) is 9.69 Å². The van der Waals surface area contributed by atoms with E-state index in [2.05, 4.69) is 15.9 Å². The molecule has 118 valence electrons. The highest BCUT2D eigenvalue weighted by Crippen LogP contribution is 2.50. The van der Waals surface area contributed by atoms with Gasteiger partial charge < -0.3 is 5.11 Å². The van der Waals surface area contributed by atoms with Crippen molar-refractivity contribution in [3.8, 4) is 0 Å². The number of carbonyl (C=O) groups excluding carboxylic acids is 1. The number of nitrogens with zero attached hydrogens (tertiary/aromatic N) is 1. The molecule has 1 aromatic rings. The molecule has 0 aliphatic carbocycles. The number of hydrogen-bond donors (Lipinski definition) is 1. The predicted octanol–water partition coefficient (Wildman–Crippen LogP) is 3.42. The van der Waals surface area contributed by atoms with Crippen LogP contribution in [0.1, 0.15) is 31.7 Å². The fourth-order valence-electron chi connectivity index (χ4n) is 3.54. The van der Waals surface area contributed by atoms with Gasteiger partial charge in [0.25, 0.3) is 0 Å². The Labute approximate surface area is 142 Å². The van der Waals surface area contributed by atoms with E-state index in [-0.39, 0.29) is 5.91 Å². The van der Waals surface area contributed by atoms with Crippen molar-refractivity contribution in [2.24, 2.45) is 0 Å². The highest BCUT2D eigenvalue weighted by Gasteiger charge is 2.53. The molecule has 0 aromatic heterocycles. The van der Waals surface area contributed by atoms with Gasteiger partial charge in [-0.05, 0) is 54.5 Å². The lowest BCUT2D eigenvalue weighted by molar-refractivity contribution is -0.140. The Hall–Kier alpha value is -1.01. The molecule has 0 radical (unpaired) electrons. The smallest absolute Gasteiger partial charge is 0.326 e. The lowest BCUT2D eigenvalue weighted by Gasteiger charge is -2.33. The zero-order valence-corrected chi connectivity index (χ0v) is 14.7. The summed E-state index contributed by atoms with van der Waals surface area (Å²) in [5.41, 5.74) is 1.23. The summed E-state index contributed by atoms with van der Waals surface area (Å²) in [6, 6.07) is 4.96. The van der Waals surface area contributed by atoms with E-state index in [9.17, 15) is 14.7 Å². The Morgan fingerprint density at radius 2 is 2.14 bits per heavy atom. The second kappa shape index (κ2) is 5.89. The van der Waals surface area contributed by atoms with Crippen LogP contribution < -0.4 is 4.90 Å². The van der Waals surface area contributed by atoms with Crippen molar-refractivity contribution in [3.05, 3.63) is 28.2 Å². The summed E-state index contributed by atoms with van der Waals surface area (Å²) < 4.78 is 0.932. The van der Waals surface area contributed by atoms with Crippen LogP contribution >= 0.6 is 27.7 Å². The normalized spacial score (nSPS) is 21.0. The number of thioether (sulfide) groups is 1. The zero-order valence-electron chi connectivity index (χ0n) is 12.3. The van der Waals surface area contributed by atoms with E-state index in [0.717, 1.165) is 40.1 Å². The number of carbonyl (C=O) groups is 2. The summed E-state index contributed by atoms with van der Waals surface area (Å²) in [6.07, 6.45) is 1.97. The highest BCUT2D eigenvalue weighted by molar-refractivity contribution is 9.10. The van der Waals surface area contributed by atoms with Gasteiger partial charge in [-0.25, -0.2) is 4.79 Å². The average Bonchev–Trinajstić information content (AvgIpc) is 2.72. The summed E-state index contributed by atoms with van der Waals surface area (Å²) in [5.74, 6) is 0.909. The minimum atomic E-state index is -0.938. The van der Waals surface area contributed by atoms with Crippen LogP contribution in [0.25, 0.3) is 0 Å². The number of rotatable bonds is 3. The number of carboxylic acid groups (broad SMARTS) is 1. The molecule has 1 atom stereocenters. The second-order valence-electron chi connectivity index (χ2n) is 5.79. The van der Waals surface area contributed by atoms with Crippen LogP contribution in [0.5, 0.6) is 0 Å². The van der Waals surface area contributed by atoms with Crippen LogP contribution in [-0.2, 0) is 15.0 Å². The Morgan fingerprint density at radius 1 is 1.45 bits per heavy atom. The maximum absolute atomic E-state index is 13.2. The standard InChI is InChI=1S/C16H18BrNO3S/c1-2-12(14(19)20)18-13-4-3-10(17)9-11(13)16(15(18)21)5-7-22-8-6-16/h3-4,9,12H,2,5-8H2,1H3,(H,19,20). The zero-order chi connectivity index (χ0) is 15.9. The van der Waals surface area contributed by atoms with Gasteiger partial charge in [0.15, 0.2) is 0 Å². The van der Waals surface area contributed by atoms with Crippen molar-refractivity contribution >= 4 is 45.3 Å². The Morgan fingerprint density at radius 3 is 2.73 bits per heavy atom. The second-order valence-corrected chi connectivity index (χ2v) is 7.93. The van der Waals surface area contributed by atoms with E-state index >= 15 is 0 Å². The molecule has 0 saturated carbocycles. The van der Waals surface area contributed by atoms with Crippen LogP contribution in [0.2, 0.25) is 0 Å². The van der Waals surface area contributed by atoms with Crippen molar-refractivity contribution in [1.82, 2.24) is 0 Å². The van der Waals surface area contributed by atoms with E-state index in [4.69, 9.17) is 0 Å². The molecule has 1 saturated heterocycles. The molecule has 1 spiro atoms. The molecule has 3 rings (SSSR count). The molecule has 2 heterocycles. The van der Waals surface area contributed by atoms with Crippen LogP contribution in [0, 0.1) is 0 Å². The molecule has 1 unspecified atom stereocenters. The van der Waals surface area contributed by atoms with Gasteiger partial charge in [-0.1, -0.05) is 22.9 Å². The number of amides is 1. The van der Waals surface area contributed by atoms with Gasteiger partial charge in [0.05, 0.1) is 5.41 Å². The van der Waals surface area contributed by atoms with E-state index < -0.39 is 17.4 Å². The third-order valence-corrected chi connectivity index (χ3v) is 6.17. The number of fused-ring (bicyclic) bond motifs is 2. The van der Waals surface area contributed by atoms with Crippen molar-refractivity contribution in [3.63, 3.8) is 0 Å². The molecule has 1 aromatic carbocycles. The van der Waals surface area contributed by atoms with Gasteiger partial charge in [0.2, 0.25) is 5.91 Å². The molecule has 1 fully saturated rings.